The highest BCUT2D eigenvalue weighted by Crippen LogP contribution is 2.12. The summed E-state index contributed by atoms with van der Waals surface area (Å²) in [6, 6.07) is 4.34. The maximum Gasteiger partial charge on any atom is 0.198 e. The van der Waals surface area contributed by atoms with Gasteiger partial charge in [-0.15, -0.1) is 0 Å². The smallest absolute Gasteiger partial charge is 0.198 e. The second-order valence-corrected chi connectivity index (χ2v) is 5.67. The maximum absolute atomic E-state index is 13.4. The Bertz CT molecular complexity index is 672. The van der Waals surface area contributed by atoms with Crippen LogP contribution in [0.3, 0.4) is 0 Å². The van der Waals surface area contributed by atoms with Gasteiger partial charge in [0, 0.05) is 16.6 Å². The Morgan fingerprint density at radius 2 is 1.86 bits per heavy atom. The molecular weight excluding hydrogens is 267 g/mol. The first-order chi connectivity index (χ1) is 10.1. The summed E-state index contributed by atoms with van der Waals surface area (Å²) in [5.41, 5.74) is 2.34. The number of hydrogen-bond acceptors (Lipinski definition) is 1. The predicted octanol–water partition coefficient (Wildman–Crippen LogP) is 2.18. The van der Waals surface area contributed by atoms with Gasteiger partial charge >= 0.3 is 0 Å². The predicted molar refractivity (Wildman–Crippen MR) is 84.2 cm³/mol. The lowest BCUT2D eigenvalue weighted by molar-refractivity contribution is -0.914. The average molecular weight is 291 g/mol. The van der Waals surface area contributed by atoms with E-state index in [-0.39, 0.29) is 11.2 Å². The first kappa shape index (κ1) is 15.7. The molecule has 0 aliphatic heterocycles. The van der Waals surface area contributed by atoms with Crippen LogP contribution < -0.4 is 10.3 Å². The number of halogens is 1. The van der Waals surface area contributed by atoms with Crippen molar-refractivity contribution in [2.75, 3.05) is 13.1 Å². The molecular formula is C17H24FN2O+. The second-order valence-electron chi connectivity index (χ2n) is 5.67. The van der Waals surface area contributed by atoms with Crippen LogP contribution in [-0.2, 0) is 6.54 Å². The van der Waals surface area contributed by atoms with Gasteiger partial charge in [-0.05, 0) is 38.0 Å². The number of rotatable bonds is 6. The minimum absolute atomic E-state index is 0.0366. The molecule has 1 aromatic heterocycles. The van der Waals surface area contributed by atoms with Crippen LogP contribution in [0.2, 0.25) is 0 Å². The van der Waals surface area contributed by atoms with Crippen LogP contribution in [-0.4, -0.2) is 18.1 Å². The van der Waals surface area contributed by atoms with Gasteiger partial charge in [-0.1, -0.05) is 13.8 Å². The van der Waals surface area contributed by atoms with E-state index < -0.39 is 0 Å². The third-order valence-corrected chi connectivity index (χ3v) is 3.91. The fourth-order valence-corrected chi connectivity index (χ4v) is 2.90. The van der Waals surface area contributed by atoms with Gasteiger partial charge in [0.2, 0.25) is 0 Å². The Morgan fingerprint density at radius 3 is 2.48 bits per heavy atom. The largest absolute Gasteiger partial charge is 0.358 e. The molecule has 0 spiro atoms. The first-order valence-electron chi connectivity index (χ1n) is 7.71. The summed E-state index contributed by atoms with van der Waals surface area (Å²) >= 11 is 0. The number of benzene rings is 1. The monoisotopic (exact) mass is 291 g/mol. The molecule has 0 amide bonds. The Balaban J connectivity index is 2.45. The van der Waals surface area contributed by atoms with Crippen molar-refractivity contribution in [2.45, 2.75) is 40.2 Å². The summed E-state index contributed by atoms with van der Waals surface area (Å²) in [7, 11) is 0. The quantitative estimate of drug-likeness (QED) is 0.841. The first-order valence-corrected chi connectivity index (χ1v) is 7.71. The third kappa shape index (κ3) is 3.50. The molecule has 0 fully saturated rings. The van der Waals surface area contributed by atoms with Crippen LogP contribution in [0.1, 0.15) is 37.9 Å². The van der Waals surface area contributed by atoms with Crippen molar-refractivity contribution >= 4 is 10.9 Å². The van der Waals surface area contributed by atoms with E-state index in [1.54, 1.807) is 6.07 Å². The van der Waals surface area contributed by atoms with E-state index in [0.29, 0.717) is 17.4 Å². The number of pyridine rings is 1. The molecule has 3 nitrogen and oxygen atoms in total. The van der Waals surface area contributed by atoms with E-state index in [2.05, 4.69) is 18.8 Å². The SMILES string of the molecule is CCC[NH+](CCC)Cc1c(C)[nH]c2ccc(F)cc2c1=O. The van der Waals surface area contributed by atoms with Crippen LogP contribution in [0.15, 0.2) is 23.0 Å². The molecule has 2 rings (SSSR count). The molecule has 0 saturated carbocycles. The van der Waals surface area contributed by atoms with Gasteiger partial charge in [0.05, 0.1) is 18.7 Å². The molecule has 2 aromatic rings. The zero-order valence-corrected chi connectivity index (χ0v) is 13.1. The van der Waals surface area contributed by atoms with Crippen LogP contribution in [0, 0.1) is 12.7 Å². The normalized spacial score (nSPS) is 11.5. The van der Waals surface area contributed by atoms with Crippen LogP contribution in [0.4, 0.5) is 4.39 Å². The van der Waals surface area contributed by atoms with Gasteiger partial charge in [-0.25, -0.2) is 4.39 Å². The fraction of sp³-hybridized carbons (Fsp3) is 0.471. The number of aryl methyl sites for hydroxylation is 1. The molecule has 0 aliphatic carbocycles. The molecule has 0 unspecified atom stereocenters. The molecule has 0 bridgehead atoms. The number of H-pyrrole nitrogens is 1. The van der Waals surface area contributed by atoms with Crippen molar-refractivity contribution in [1.82, 2.24) is 4.98 Å². The molecule has 4 heteroatoms. The molecule has 21 heavy (non-hydrogen) atoms. The number of nitrogens with one attached hydrogen (secondary N) is 2. The molecule has 2 N–H and O–H groups in total. The van der Waals surface area contributed by atoms with E-state index in [1.165, 1.54) is 17.0 Å². The van der Waals surface area contributed by atoms with Gasteiger partial charge in [0.15, 0.2) is 5.43 Å². The molecule has 1 heterocycles. The number of aromatic nitrogens is 1. The van der Waals surface area contributed by atoms with Crippen LogP contribution in [0.5, 0.6) is 0 Å². The fourth-order valence-electron chi connectivity index (χ4n) is 2.90. The van der Waals surface area contributed by atoms with Gasteiger partial charge in [-0.2, -0.15) is 0 Å². The average Bonchev–Trinajstić information content (AvgIpc) is 2.45. The Kier molecular flexibility index (Phi) is 5.12. The molecule has 0 radical (unpaired) electrons. The van der Waals surface area contributed by atoms with Gasteiger partial charge < -0.3 is 9.88 Å². The number of quaternary nitrogens is 1. The van der Waals surface area contributed by atoms with Crippen LogP contribution in [0.25, 0.3) is 10.9 Å². The zero-order valence-electron chi connectivity index (χ0n) is 13.1. The molecule has 1 aromatic carbocycles. The highest BCUT2D eigenvalue weighted by atomic mass is 19.1. The molecule has 0 atom stereocenters. The minimum Gasteiger partial charge on any atom is -0.358 e. The van der Waals surface area contributed by atoms with Crippen molar-refractivity contribution in [3.8, 4) is 0 Å². The zero-order chi connectivity index (χ0) is 15.4. The summed E-state index contributed by atoms with van der Waals surface area (Å²) < 4.78 is 13.4. The highest BCUT2D eigenvalue weighted by molar-refractivity contribution is 5.79. The lowest BCUT2D eigenvalue weighted by Gasteiger charge is -2.19. The van der Waals surface area contributed by atoms with Gasteiger partial charge in [0.1, 0.15) is 12.4 Å². The van der Waals surface area contributed by atoms with Crippen molar-refractivity contribution < 1.29 is 9.29 Å². The Morgan fingerprint density at radius 1 is 1.19 bits per heavy atom. The van der Waals surface area contributed by atoms with Gasteiger partial charge in [0.25, 0.3) is 0 Å². The minimum atomic E-state index is -0.367. The number of fused-ring (bicyclic) bond motifs is 1. The van der Waals surface area contributed by atoms with E-state index >= 15 is 0 Å². The second kappa shape index (κ2) is 6.85. The molecule has 114 valence electrons. The topological polar surface area (TPSA) is 37.3 Å². The molecule has 0 aliphatic rings. The maximum atomic E-state index is 13.4. The van der Waals surface area contributed by atoms with Crippen molar-refractivity contribution in [3.05, 3.63) is 45.5 Å². The Labute approximate surface area is 124 Å². The number of aromatic amines is 1. The van der Waals surface area contributed by atoms with E-state index in [4.69, 9.17) is 0 Å². The van der Waals surface area contributed by atoms with E-state index in [0.717, 1.165) is 37.2 Å². The van der Waals surface area contributed by atoms with E-state index in [1.807, 2.05) is 6.92 Å². The standard InChI is InChI=1S/C17H23FN2O/c1-4-8-20(9-5-2)11-15-12(3)19-16-7-6-13(18)10-14(16)17(15)21/h6-7,10H,4-5,8-9,11H2,1-3H3,(H,19,21)/p+1. The van der Waals surface area contributed by atoms with Crippen molar-refractivity contribution in [1.29, 1.82) is 0 Å². The summed E-state index contributed by atoms with van der Waals surface area (Å²) in [4.78, 5) is 17.3. The lowest BCUT2D eigenvalue weighted by atomic mass is 10.1. The van der Waals surface area contributed by atoms with Crippen molar-refractivity contribution in [2.24, 2.45) is 0 Å². The van der Waals surface area contributed by atoms with Gasteiger partial charge in [-0.3, -0.25) is 4.79 Å². The lowest BCUT2D eigenvalue weighted by Crippen LogP contribution is -3.10. The summed E-state index contributed by atoms with van der Waals surface area (Å²) in [5, 5.41) is 0.447. The van der Waals surface area contributed by atoms with Crippen molar-refractivity contribution in [3.63, 3.8) is 0 Å². The highest BCUT2D eigenvalue weighted by Gasteiger charge is 2.15. The number of hydrogen-bond donors (Lipinski definition) is 2. The summed E-state index contributed by atoms with van der Waals surface area (Å²) in [6.45, 7) is 9.04. The summed E-state index contributed by atoms with van der Waals surface area (Å²) in [5.74, 6) is -0.367. The van der Waals surface area contributed by atoms with E-state index in [9.17, 15) is 9.18 Å². The van der Waals surface area contributed by atoms with Crippen LogP contribution >= 0.6 is 0 Å². The molecule has 0 saturated heterocycles. The Hall–Kier alpha value is -1.68. The summed E-state index contributed by atoms with van der Waals surface area (Å²) in [6.07, 6.45) is 2.18. The third-order valence-electron chi connectivity index (χ3n) is 3.91.